The fourth-order valence-corrected chi connectivity index (χ4v) is 2.74. The van der Waals surface area contributed by atoms with Gasteiger partial charge in [-0.05, 0) is 24.9 Å². The third-order valence-corrected chi connectivity index (χ3v) is 4.01. The molecule has 0 saturated heterocycles. The highest BCUT2D eigenvalue weighted by Gasteiger charge is 2.31. The summed E-state index contributed by atoms with van der Waals surface area (Å²) in [7, 11) is 0. The lowest BCUT2D eigenvalue weighted by molar-refractivity contribution is -0.0173. The highest BCUT2D eigenvalue weighted by molar-refractivity contribution is 5.38. The molecule has 3 rings (SSSR count). The van der Waals surface area contributed by atoms with Crippen LogP contribution in [0.25, 0.3) is 0 Å². The van der Waals surface area contributed by atoms with E-state index in [4.69, 9.17) is 9.47 Å². The van der Waals surface area contributed by atoms with Crippen molar-refractivity contribution in [3.05, 3.63) is 29.8 Å². The molecule has 1 aromatic rings. The monoisotopic (exact) mass is 261 g/mol. The van der Waals surface area contributed by atoms with E-state index in [1.807, 2.05) is 12.1 Å². The Labute approximate surface area is 115 Å². The third-order valence-electron chi connectivity index (χ3n) is 4.01. The molecule has 0 amide bonds. The molecule has 1 heterocycles. The summed E-state index contributed by atoms with van der Waals surface area (Å²) >= 11 is 0. The Bertz CT molecular complexity index is 417. The van der Waals surface area contributed by atoms with Gasteiger partial charge in [0.15, 0.2) is 0 Å². The molecule has 2 unspecified atom stereocenters. The van der Waals surface area contributed by atoms with Crippen molar-refractivity contribution >= 4 is 0 Å². The van der Waals surface area contributed by atoms with Gasteiger partial charge in [0, 0.05) is 12.2 Å². The van der Waals surface area contributed by atoms with Gasteiger partial charge in [0.2, 0.25) is 0 Å². The van der Waals surface area contributed by atoms with Crippen molar-refractivity contribution in [2.75, 3.05) is 19.8 Å². The molecule has 1 aromatic carbocycles. The highest BCUT2D eigenvalue weighted by Crippen LogP contribution is 2.35. The number of fused-ring (bicyclic) bond motifs is 1. The normalized spacial score (nSPS) is 25.7. The van der Waals surface area contributed by atoms with Crippen molar-refractivity contribution in [1.82, 2.24) is 5.32 Å². The first-order valence-electron chi connectivity index (χ1n) is 7.45. The van der Waals surface area contributed by atoms with E-state index in [-0.39, 0.29) is 12.1 Å². The molecule has 1 aliphatic heterocycles. The molecule has 104 valence electrons. The van der Waals surface area contributed by atoms with Crippen molar-refractivity contribution < 1.29 is 9.47 Å². The number of ether oxygens (including phenoxy) is 2. The second kappa shape index (κ2) is 5.93. The Morgan fingerprint density at radius 2 is 2.16 bits per heavy atom. The fourth-order valence-electron chi connectivity index (χ4n) is 2.74. The molecule has 0 radical (unpaired) electrons. The number of likely N-dealkylation sites (N-methyl/N-ethyl adjacent to an activating group) is 1. The maximum atomic E-state index is 6.07. The number of hydrogen-bond donors (Lipinski definition) is 1. The highest BCUT2D eigenvalue weighted by atomic mass is 16.5. The van der Waals surface area contributed by atoms with Gasteiger partial charge in [-0.15, -0.1) is 0 Å². The summed E-state index contributed by atoms with van der Waals surface area (Å²) in [6, 6.07) is 8.53. The number of benzene rings is 1. The Hall–Kier alpha value is -1.06. The van der Waals surface area contributed by atoms with Crippen LogP contribution in [-0.4, -0.2) is 25.9 Å². The SMILES string of the molecule is CCNC1c2ccccc2OCC1OCCC1CC1. The minimum atomic E-state index is 0.133. The maximum absolute atomic E-state index is 6.07. The Balaban J connectivity index is 1.65. The van der Waals surface area contributed by atoms with Crippen LogP contribution < -0.4 is 10.1 Å². The summed E-state index contributed by atoms with van der Waals surface area (Å²) in [5.74, 6) is 1.92. The van der Waals surface area contributed by atoms with E-state index in [0.717, 1.165) is 24.8 Å². The summed E-state index contributed by atoms with van der Waals surface area (Å²) in [5, 5.41) is 3.54. The van der Waals surface area contributed by atoms with E-state index in [1.54, 1.807) is 0 Å². The smallest absolute Gasteiger partial charge is 0.124 e. The number of para-hydroxylation sites is 1. The van der Waals surface area contributed by atoms with Crippen LogP contribution >= 0.6 is 0 Å². The van der Waals surface area contributed by atoms with Crippen LogP contribution in [0.2, 0.25) is 0 Å². The minimum absolute atomic E-state index is 0.133. The zero-order valence-electron chi connectivity index (χ0n) is 11.6. The second-order valence-electron chi connectivity index (χ2n) is 5.53. The molecule has 0 spiro atoms. The standard InChI is InChI=1S/C16H23NO2/c1-2-17-16-13-5-3-4-6-14(13)19-11-15(16)18-10-9-12-7-8-12/h3-6,12,15-17H,2,7-11H2,1H3. The average molecular weight is 261 g/mol. The summed E-state index contributed by atoms with van der Waals surface area (Å²) in [5.41, 5.74) is 1.23. The largest absolute Gasteiger partial charge is 0.490 e. The lowest BCUT2D eigenvalue weighted by Crippen LogP contribution is -2.41. The summed E-state index contributed by atoms with van der Waals surface area (Å²) in [4.78, 5) is 0. The van der Waals surface area contributed by atoms with Crippen LogP contribution in [0.3, 0.4) is 0 Å². The fraction of sp³-hybridized carbons (Fsp3) is 0.625. The van der Waals surface area contributed by atoms with Gasteiger partial charge < -0.3 is 14.8 Å². The molecule has 0 bridgehead atoms. The molecule has 1 aliphatic carbocycles. The zero-order valence-corrected chi connectivity index (χ0v) is 11.6. The third kappa shape index (κ3) is 3.10. The van der Waals surface area contributed by atoms with Crippen LogP contribution in [0.1, 0.15) is 37.8 Å². The molecule has 3 heteroatoms. The molecular weight excluding hydrogens is 238 g/mol. The maximum Gasteiger partial charge on any atom is 0.124 e. The minimum Gasteiger partial charge on any atom is -0.490 e. The number of nitrogens with one attached hydrogen (secondary N) is 1. The molecule has 2 aliphatic rings. The lowest BCUT2D eigenvalue weighted by atomic mass is 9.98. The quantitative estimate of drug-likeness (QED) is 0.854. The van der Waals surface area contributed by atoms with Crippen LogP contribution in [-0.2, 0) is 4.74 Å². The molecule has 3 nitrogen and oxygen atoms in total. The van der Waals surface area contributed by atoms with Gasteiger partial charge in [-0.3, -0.25) is 0 Å². The molecule has 2 atom stereocenters. The van der Waals surface area contributed by atoms with Gasteiger partial charge in [-0.1, -0.05) is 38.0 Å². The van der Waals surface area contributed by atoms with Crippen molar-refractivity contribution in [2.24, 2.45) is 5.92 Å². The van der Waals surface area contributed by atoms with Crippen molar-refractivity contribution in [3.8, 4) is 5.75 Å². The van der Waals surface area contributed by atoms with Gasteiger partial charge in [0.1, 0.15) is 18.5 Å². The predicted molar refractivity (Wildman–Crippen MR) is 75.4 cm³/mol. The Kier molecular flexibility index (Phi) is 4.04. The molecule has 1 fully saturated rings. The molecule has 1 saturated carbocycles. The van der Waals surface area contributed by atoms with E-state index in [1.165, 1.54) is 24.8 Å². The van der Waals surface area contributed by atoms with Crippen LogP contribution in [0.4, 0.5) is 0 Å². The van der Waals surface area contributed by atoms with E-state index >= 15 is 0 Å². The van der Waals surface area contributed by atoms with Gasteiger partial charge in [0.25, 0.3) is 0 Å². The number of hydrogen-bond acceptors (Lipinski definition) is 3. The molecule has 0 aromatic heterocycles. The van der Waals surface area contributed by atoms with Crippen LogP contribution in [0.15, 0.2) is 24.3 Å². The van der Waals surface area contributed by atoms with Crippen LogP contribution in [0.5, 0.6) is 5.75 Å². The Morgan fingerprint density at radius 3 is 2.95 bits per heavy atom. The molecule has 19 heavy (non-hydrogen) atoms. The van der Waals surface area contributed by atoms with Gasteiger partial charge >= 0.3 is 0 Å². The first kappa shape index (κ1) is 12.9. The van der Waals surface area contributed by atoms with Crippen molar-refractivity contribution in [3.63, 3.8) is 0 Å². The summed E-state index contributed by atoms with van der Waals surface area (Å²) in [6.45, 7) is 4.60. The van der Waals surface area contributed by atoms with E-state index in [2.05, 4.69) is 24.4 Å². The van der Waals surface area contributed by atoms with E-state index < -0.39 is 0 Å². The first-order valence-corrected chi connectivity index (χ1v) is 7.45. The Morgan fingerprint density at radius 1 is 1.32 bits per heavy atom. The predicted octanol–water partition coefficient (Wildman–Crippen LogP) is 2.91. The van der Waals surface area contributed by atoms with E-state index in [0.29, 0.717) is 6.61 Å². The lowest BCUT2D eigenvalue weighted by Gasteiger charge is -2.34. The van der Waals surface area contributed by atoms with E-state index in [9.17, 15) is 0 Å². The second-order valence-corrected chi connectivity index (χ2v) is 5.53. The van der Waals surface area contributed by atoms with Crippen LogP contribution in [0, 0.1) is 5.92 Å². The topological polar surface area (TPSA) is 30.5 Å². The first-order chi connectivity index (χ1) is 9.38. The average Bonchev–Trinajstić information content (AvgIpc) is 3.25. The molecule has 1 N–H and O–H groups in total. The number of rotatable bonds is 6. The van der Waals surface area contributed by atoms with Crippen molar-refractivity contribution in [1.29, 1.82) is 0 Å². The van der Waals surface area contributed by atoms with Gasteiger partial charge in [-0.25, -0.2) is 0 Å². The molecular formula is C16H23NO2. The zero-order chi connectivity index (χ0) is 13.1. The summed E-state index contributed by atoms with van der Waals surface area (Å²) in [6.07, 6.45) is 4.12. The van der Waals surface area contributed by atoms with Gasteiger partial charge in [-0.2, -0.15) is 0 Å². The summed E-state index contributed by atoms with van der Waals surface area (Å²) < 4.78 is 11.9. The van der Waals surface area contributed by atoms with Gasteiger partial charge in [0.05, 0.1) is 6.04 Å². The van der Waals surface area contributed by atoms with Crippen molar-refractivity contribution in [2.45, 2.75) is 38.3 Å².